The number of rotatable bonds is 39. The van der Waals surface area contributed by atoms with Crippen LogP contribution in [-0.4, -0.2) is 54.3 Å². The number of phosphoric ester groups is 1. The summed E-state index contributed by atoms with van der Waals surface area (Å²) in [7, 11) is -4.43. The van der Waals surface area contributed by atoms with Crippen LogP contribution in [0.3, 0.4) is 0 Å². The molecule has 0 aromatic heterocycles. The summed E-state index contributed by atoms with van der Waals surface area (Å²) in [5.41, 5.74) is 0. The number of aliphatic hydroxyl groups excluding tert-OH is 1. The third-order valence-corrected chi connectivity index (χ3v) is 9.60. The Hall–Kier alpha value is -2.55. The number of hydrogen-bond acceptors (Lipinski definition) is 7. The third kappa shape index (κ3) is 42.4. The maximum Gasteiger partial charge on any atom is 0.472 e. The number of esters is 1. The van der Waals surface area contributed by atoms with Crippen LogP contribution in [0.25, 0.3) is 0 Å². The van der Waals surface area contributed by atoms with Crippen molar-refractivity contribution in [3.8, 4) is 0 Å². The lowest BCUT2D eigenvalue weighted by molar-refractivity contribution is -0.147. The Labute approximate surface area is 335 Å². The van der Waals surface area contributed by atoms with Gasteiger partial charge in [0.2, 0.25) is 5.91 Å². The van der Waals surface area contributed by atoms with Crippen molar-refractivity contribution in [1.29, 1.82) is 0 Å². The number of ether oxygens (including phenoxy) is 1. The maximum absolute atomic E-state index is 12.1. The summed E-state index contributed by atoms with van der Waals surface area (Å²) in [6, 6.07) is 0. The molecule has 10 heteroatoms. The average molecular weight is 792 g/mol. The first-order valence-corrected chi connectivity index (χ1v) is 22.9. The summed E-state index contributed by atoms with van der Waals surface area (Å²) in [6.45, 7) is 3.35. The smallest absolute Gasteiger partial charge is 0.463 e. The summed E-state index contributed by atoms with van der Waals surface area (Å²) < 4.78 is 26.8. The van der Waals surface area contributed by atoms with E-state index in [0.717, 1.165) is 64.2 Å². The van der Waals surface area contributed by atoms with Crippen LogP contribution in [0.2, 0.25) is 0 Å². The Kier molecular flexibility index (Phi) is 39.2. The van der Waals surface area contributed by atoms with Crippen LogP contribution in [0.15, 0.2) is 72.9 Å². The van der Waals surface area contributed by atoms with Crippen molar-refractivity contribution in [2.24, 2.45) is 0 Å². The van der Waals surface area contributed by atoms with Gasteiger partial charge in [0.15, 0.2) is 0 Å². The minimum Gasteiger partial charge on any atom is -0.463 e. The number of unbranched alkanes of at least 4 members (excludes halogenated alkanes) is 14. The van der Waals surface area contributed by atoms with E-state index in [0.29, 0.717) is 12.8 Å². The molecule has 0 saturated carbocycles. The van der Waals surface area contributed by atoms with E-state index in [2.05, 4.69) is 92.1 Å². The highest BCUT2D eigenvalue weighted by Gasteiger charge is 2.23. The number of carbonyl (C=O) groups is 2. The van der Waals surface area contributed by atoms with E-state index in [9.17, 15) is 24.2 Å². The van der Waals surface area contributed by atoms with Crippen LogP contribution in [-0.2, 0) is 27.9 Å². The van der Waals surface area contributed by atoms with Crippen molar-refractivity contribution >= 4 is 19.7 Å². The Bertz CT molecular complexity index is 1130. The van der Waals surface area contributed by atoms with Crippen LogP contribution < -0.4 is 5.32 Å². The summed E-state index contributed by atoms with van der Waals surface area (Å²) >= 11 is 0. The Balaban J connectivity index is 3.66. The van der Waals surface area contributed by atoms with Gasteiger partial charge in [0.25, 0.3) is 0 Å². The maximum atomic E-state index is 12.1. The summed E-state index contributed by atoms with van der Waals surface area (Å²) in [6.07, 6.45) is 49.8. The van der Waals surface area contributed by atoms with Crippen molar-refractivity contribution < 1.29 is 37.9 Å². The molecule has 0 aromatic rings. The minimum absolute atomic E-state index is 0.0706. The lowest BCUT2D eigenvalue weighted by atomic mass is 10.1. The zero-order valence-corrected chi connectivity index (χ0v) is 35.5. The van der Waals surface area contributed by atoms with Crippen molar-refractivity contribution in [1.82, 2.24) is 5.32 Å². The summed E-state index contributed by atoms with van der Waals surface area (Å²) in [5.74, 6) is -0.568. The number of hydrogen-bond donors (Lipinski definition) is 3. The molecule has 0 heterocycles. The van der Waals surface area contributed by atoms with E-state index in [4.69, 9.17) is 13.8 Å². The van der Waals surface area contributed by atoms with E-state index in [1.54, 1.807) is 0 Å². The van der Waals surface area contributed by atoms with Gasteiger partial charge in [-0.25, -0.2) is 4.57 Å². The van der Waals surface area contributed by atoms with Gasteiger partial charge < -0.3 is 20.1 Å². The highest BCUT2D eigenvalue weighted by atomic mass is 31.2. The summed E-state index contributed by atoms with van der Waals surface area (Å²) in [4.78, 5) is 33.9. The van der Waals surface area contributed by atoms with Gasteiger partial charge in [-0.3, -0.25) is 18.6 Å². The van der Waals surface area contributed by atoms with Gasteiger partial charge >= 0.3 is 13.8 Å². The number of amides is 1. The molecular weight excluding hydrogens is 713 g/mol. The highest BCUT2D eigenvalue weighted by molar-refractivity contribution is 7.47. The van der Waals surface area contributed by atoms with Crippen LogP contribution in [0, 0.1) is 0 Å². The van der Waals surface area contributed by atoms with Gasteiger partial charge in [0.1, 0.15) is 12.7 Å². The van der Waals surface area contributed by atoms with Crippen molar-refractivity contribution in [3.05, 3.63) is 72.9 Å². The Morgan fingerprint density at radius 2 is 1.04 bits per heavy atom. The first kappa shape index (κ1) is 52.5. The first-order chi connectivity index (χ1) is 26.8. The van der Waals surface area contributed by atoms with Gasteiger partial charge in [0, 0.05) is 19.4 Å². The van der Waals surface area contributed by atoms with Crippen molar-refractivity contribution in [3.63, 3.8) is 0 Å². The zero-order valence-electron chi connectivity index (χ0n) is 34.6. The normalized spacial score (nSPS) is 14.0. The molecule has 55 heavy (non-hydrogen) atoms. The molecule has 0 fully saturated rings. The molecule has 0 radical (unpaired) electrons. The average Bonchev–Trinajstić information content (AvgIpc) is 3.17. The lowest BCUT2D eigenvalue weighted by Crippen LogP contribution is -2.27. The fraction of sp³-hybridized carbons (Fsp3) is 0.689. The second kappa shape index (κ2) is 41.1. The van der Waals surface area contributed by atoms with E-state index in [1.807, 2.05) is 0 Å². The predicted octanol–water partition coefficient (Wildman–Crippen LogP) is 11.9. The number of phosphoric acid groups is 1. The second-order valence-corrected chi connectivity index (χ2v) is 15.4. The fourth-order valence-corrected chi connectivity index (χ4v) is 6.16. The SMILES string of the molecule is CC/C=C\C/C=C\C/C=C\C/C=C\CCCCC(=O)OCC(O)COP(=O)(O)OCCNC(=O)CCCCCCCCCCC/C=C\C/C=C\CCCCC. The lowest BCUT2D eigenvalue weighted by Gasteiger charge is -2.15. The number of nitrogens with one attached hydrogen (secondary N) is 1. The molecule has 0 aromatic carbocycles. The number of aliphatic hydroxyl groups is 1. The topological polar surface area (TPSA) is 131 Å². The van der Waals surface area contributed by atoms with Gasteiger partial charge in [0.05, 0.1) is 13.2 Å². The predicted molar refractivity (Wildman–Crippen MR) is 229 cm³/mol. The minimum atomic E-state index is -4.43. The molecule has 0 aliphatic rings. The quantitative estimate of drug-likeness (QED) is 0.0243. The fourth-order valence-electron chi connectivity index (χ4n) is 5.40. The third-order valence-electron chi connectivity index (χ3n) is 8.62. The largest absolute Gasteiger partial charge is 0.472 e. The van der Waals surface area contributed by atoms with Crippen LogP contribution >= 0.6 is 7.82 Å². The highest BCUT2D eigenvalue weighted by Crippen LogP contribution is 2.42. The molecule has 3 N–H and O–H groups in total. The molecule has 0 saturated heterocycles. The van der Waals surface area contributed by atoms with Crippen LogP contribution in [0.4, 0.5) is 0 Å². The Morgan fingerprint density at radius 3 is 1.58 bits per heavy atom. The van der Waals surface area contributed by atoms with Crippen molar-refractivity contribution in [2.75, 3.05) is 26.4 Å². The molecule has 0 aliphatic heterocycles. The van der Waals surface area contributed by atoms with Gasteiger partial charge in [-0.2, -0.15) is 0 Å². The molecule has 2 unspecified atom stereocenters. The molecule has 316 valence electrons. The van der Waals surface area contributed by atoms with E-state index < -0.39 is 26.5 Å². The first-order valence-electron chi connectivity index (χ1n) is 21.4. The van der Waals surface area contributed by atoms with Crippen molar-refractivity contribution in [2.45, 2.75) is 174 Å². The molecule has 1 amide bonds. The molecule has 0 rings (SSSR count). The standard InChI is InChI=1S/C45H78NO8P/c1-3-5-7-9-11-13-15-17-19-20-21-22-24-25-27-29-31-33-35-37-44(48)46-39-40-53-55(50,51)54-42-43(47)41-52-45(49)38-36-34-32-30-28-26-23-18-16-14-12-10-8-6-4-2/h6,8,11-14,17-19,23,28,30,43,47H,3-5,7,9-10,15-16,20-22,24-27,29,31-42H2,1-2H3,(H,46,48)(H,50,51)/b8-6-,13-11-,14-12-,19-17-,23-18-,30-28-. The molecule has 0 bridgehead atoms. The molecule has 9 nitrogen and oxygen atoms in total. The van der Waals surface area contributed by atoms with E-state index in [1.165, 1.54) is 70.6 Å². The Morgan fingerprint density at radius 1 is 0.582 bits per heavy atom. The summed E-state index contributed by atoms with van der Waals surface area (Å²) in [5, 5.41) is 12.7. The number of allylic oxidation sites excluding steroid dienone is 12. The van der Waals surface area contributed by atoms with E-state index in [-0.39, 0.29) is 32.1 Å². The number of carbonyl (C=O) groups excluding carboxylic acids is 2. The van der Waals surface area contributed by atoms with Gasteiger partial charge in [-0.1, -0.05) is 145 Å². The monoisotopic (exact) mass is 792 g/mol. The van der Waals surface area contributed by atoms with Crippen LogP contribution in [0.1, 0.15) is 168 Å². The second-order valence-electron chi connectivity index (χ2n) is 13.9. The molecule has 0 spiro atoms. The van der Waals surface area contributed by atoms with E-state index >= 15 is 0 Å². The van der Waals surface area contributed by atoms with Gasteiger partial charge in [-0.05, 0) is 83.5 Å². The molecule has 0 aliphatic carbocycles. The van der Waals surface area contributed by atoms with Crippen LogP contribution in [0.5, 0.6) is 0 Å². The molecule has 2 atom stereocenters. The zero-order chi connectivity index (χ0) is 40.3. The molecular formula is C45H78NO8P. The van der Waals surface area contributed by atoms with Gasteiger partial charge in [-0.15, -0.1) is 0 Å².